The van der Waals surface area contributed by atoms with Gasteiger partial charge in [-0.2, -0.15) is 0 Å². The Balaban J connectivity index is 1.18. The van der Waals surface area contributed by atoms with E-state index in [0.29, 0.717) is 17.5 Å². The van der Waals surface area contributed by atoms with Crippen molar-refractivity contribution in [3.05, 3.63) is 170 Å². The molecule has 4 heteroatoms. The molecular formula is C47H28N4. The summed E-state index contributed by atoms with van der Waals surface area (Å²) in [5, 5.41) is 7.21. The first-order valence-electron chi connectivity index (χ1n) is 17.3. The summed E-state index contributed by atoms with van der Waals surface area (Å²) >= 11 is 0. The van der Waals surface area contributed by atoms with Crippen LogP contribution in [0, 0.1) is 0 Å². The zero-order valence-corrected chi connectivity index (χ0v) is 27.5. The van der Waals surface area contributed by atoms with Gasteiger partial charge >= 0.3 is 0 Å². The Kier molecular flexibility index (Phi) is 5.92. The first-order chi connectivity index (χ1) is 25.3. The van der Waals surface area contributed by atoms with Crippen molar-refractivity contribution < 1.29 is 0 Å². The van der Waals surface area contributed by atoms with E-state index in [1.807, 2.05) is 0 Å². The molecule has 51 heavy (non-hydrogen) atoms. The van der Waals surface area contributed by atoms with Gasteiger partial charge in [0.2, 0.25) is 0 Å². The van der Waals surface area contributed by atoms with Crippen LogP contribution < -0.4 is 0 Å². The van der Waals surface area contributed by atoms with Gasteiger partial charge in [0.1, 0.15) is 0 Å². The molecule has 0 saturated carbocycles. The summed E-state index contributed by atoms with van der Waals surface area (Å²) in [5.74, 6) is 1.92. The number of nitrogens with zero attached hydrogens (tertiary/aromatic N) is 4. The third kappa shape index (κ3) is 4.23. The summed E-state index contributed by atoms with van der Waals surface area (Å²) in [6, 6.07) is 60.3. The number of rotatable bonds is 4. The Morgan fingerprint density at radius 1 is 0.333 bits per heavy atom. The minimum absolute atomic E-state index is 0.631. The largest absolute Gasteiger partial charge is 0.309 e. The van der Waals surface area contributed by atoms with Crippen LogP contribution in [-0.2, 0) is 0 Å². The van der Waals surface area contributed by atoms with E-state index in [9.17, 15) is 0 Å². The summed E-state index contributed by atoms with van der Waals surface area (Å²) in [6.45, 7) is 0. The predicted molar refractivity (Wildman–Crippen MR) is 210 cm³/mol. The summed E-state index contributed by atoms with van der Waals surface area (Å²) in [7, 11) is 0. The highest BCUT2D eigenvalue weighted by molar-refractivity contribution is 6.16. The fourth-order valence-electron chi connectivity index (χ4n) is 8.07. The van der Waals surface area contributed by atoms with E-state index in [4.69, 9.17) is 15.0 Å². The monoisotopic (exact) mass is 648 g/mol. The summed E-state index contributed by atoms with van der Waals surface area (Å²) in [6.07, 6.45) is 0. The molecule has 0 saturated heterocycles. The lowest BCUT2D eigenvalue weighted by atomic mass is 9.99. The smallest absolute Gasteiger partial charge is 0.166 e. The lowest BCUT2D eigenvalue weighted by molar-refractivity contribution is 1.07. The van der Waals surface area contributed by atoms with Crippen LogP contribution in [0.5, 0.6) is 0 Å². The lowest BCUT2D eigenvalue weighted by Gasteiger charge is -2.15. The Labute approximate surface area is 294 Å². The van der Waals surface area contributed by atoms with Crippen molar-refractivity contribution in [3.63, 3.8) is 0 Å². The average Bonchev–Trinajstić information content (AvgIpc) is 3.71. The van der Waals surface area contributed by atoms with E-state index >= 15 is 0 Å². The van der Waals surface area contributed by atoms with Crippen molar-refractivity contribution in [2.24, 2.45) is 0 Å². The minimum Gasteiger partial charge on any atom is -0.309 e. The Morgan fingerprint density at radius 3 is 1.67 bits per heavy atom. The molecule has 8 aromatic carbocycles. The van der Waals surface area contributed by atoms with Crippen molar-refractivity contribution in [3.8, 4) is 62.1 Å². The van der Waals surface area contributed by atoms with E-state index in [2.05, 4.69) is 174 Å². The van der Waals surface area contributed by atoms with Crippen molar-refractivity contribution in [1.29, 1.82) is 0 Å². The topological polar surface area (TPSA) is 43.6 Å². The Morgan fingerprint density at radius 2 is 0.882 bits per heavy atom. The number of aromatic nitrogens is 4. The van der Waals surface area contributed by atoms with E-state index in [0.717, 1.165) is 38.8 Å². The van der Waals surface area contributed by atoms with Crippen LogP contribution in [0.3, 0.4) is 0 Å². The molecule has 236 valence electrons. The standard InChI is InChI=1S/C47H28N4/c1-2-13-30-26-32(25-24-29(30)12-1)45-48-46(33-27-31-14-11-20-38-34-15-3-4-16-35(34)40(28-33)44(31)38)50-47(49-45)39-19-7-10-23-43(39)51-41-21-8-5-17-36(41)37-18-6-9-22-42(37)51/h1-28H. The SMILES string of the molecule is c1ccc2c(c1)-c1cccc3cc(-c4nc(-c5ccc6ccccc6c5)nc(-c5ccccc5-n5c6ccccc6c6ccccc65)n4)cc-2c13. The van der Waals surface area contributed by atoms with Gasteiger partial charge in [0.05, 0.1) is 16.7 Å². The maximum Gasteiger partial charge on any atom is 0.166 e. The number of benzene rings is 8. The molecule has 1 aliphatic carbocycles. The quantitative estimate of drug-likeness (QED) is 0.191. The molecule has 0 bridgehead atoms. The highest BCUT2D eigenvalue weighted by atomic mass is 15.1. The van der Waals surface area contributed by atoms with E-state index in [1.165, 1.54) is 49.2 Å². The van der Waals surface area contributed by atoms with Gasteiger partial charge in [-0.05, 0) is 86.3 Å². The van der Waals surface area contributed by atoms with Gasteiger partial charge in [-0.25, -0.2) is 15.0 Å². The molecule has 0 spiro atoms. The number of fused-ring (bicyclic) bond motifs is 7. The molecule has 2 aromatic heterocycles. The molecule has 0 radical (unpaired) electrons. The summed E-state index contributed by atoms with van der Waals surface area (Å²) < 4.78 is 2.34. The normalized spacial score (nSPS) is 11.9. The summed E-state index contributed by atoms with van der Waals surface area (Å²) in [5.41, 5.74) is 11.2. The van der Waals surface area contributed by atoms with Gasteiger partial charge in [0, 0.05) is 27.5 Å². The molecule has 0 fully saturated rings. The lowest BCUT2D eigenvalue weighted by Crippen LogP contribution is -2.03. The van der Waals surface area contributed by atoms with Crippen LogP contribution in [-0.4, -0.2) is 19.5 Å². The van der Waals surface area contributed by atoms with Gasteiger partial charge in [0.15, 0.2) is 17.5 Å². The van der Waals surface area contributed by atoms with Crippen LogP contribution in [0.2, 0.25) is 0 Å². The summed E-state index contributed by atoms with van der Waals surface area (Å²) in [4.78, 5) is 15.8. The average molecular weight is 649 g/mol. The maximum atomic E-state index is 5.31. The molecule has 1 aliphatic rings. The second kappa shape index (κ2) is 10.8. The Bertz CT molecular complexity index is 2990. The zero-order chi connectivity index (χ0) is 33.5. The zero-order valence-electron chi connectivity index (χ0n) is 27.5. The van der Waals surface area contributed by atoms with Gasteiger partial charge in [-0.3, -0.25) is 0 Å². The fourth-order valence-corrected chi connectivity index (χ4v) is 8.07. The molecule has 2 heterocycles. The Hall–Kier alpha value is -6.91. The molecule has 10 aromatic rings. The van der Waals surface area contributed by atoms with Crippen LogP contribution in [0.1, 0.15) is 0 Å². The van der Waals surface area contributed by atoms with Crippen LogP contribution >= 0.6 is 0 Å². The third-order valence-electron chi connectivity index (χ3n) is 10.4. The number of para-hydroxylation sites is 3. The first kappa shape index (κ1) is 28.0. The molecule has 4 nitrogen and oxygen atoms in total. The maximum absolute atomic E-state index is 5.31. The van der Waals surface area contributed by atoms with Crippen LogP contribution in [0.25, 0.3) is 105 Å². The molecule has 0 amide bonds. The highest BCUT2D eigenvalue weighted by Gasteiger charge is 2.24. The molecule has 0 N–H and O–H groups in total. The van der Waals surface area contributed by atoms with Gasteiger partial charge < -0.3 is 4.57 Å². The van der Waals surface area contributed by atoms with Crippen LogP contribution in [0.4, 0.5) is 0 Å². The van der Waals surface area contributed by atoms with Gasteiger partial charge in [0.25, 0.3) is 0 Å². The predicted octanol–water partition coefficient (Wildman–Crippen LogP) is 11.9. The molecule has 0 atom stereocenters. The second-order valence-electron chi connectivity index (χ2n) is 13.2. The molecule has 0 unspecified atom stereocenters. The number of hydrogen-bond acceptors (Lipinski definition) is 3. The second-order valence-corrected chi connectivity index (χ2v) is 13.2. The minimum atomic E-state index is 0.631. The molecule has 0 aliphatic heterocycles. The van der Waals surface area contributed by atoms with Gasteiger partial charge in [-0.1, -0.05) is 127 Å². The van der Waals surface area contributed by atoms with E-state index < -0.39 is 0 Å². The third-order valence-corrected chi connectivity index (χ3v) is 10.4. The molecule has 11 rings (SSSR count). The van der Waals surface area contributed by atoms with E-state index in [1.54, 1.807) is 0 Å². The first-order valence-corrected chi connectivity index (χ1v) is 17.3. The van der Waals surface area contributed by atoms with Gasteiger partial charge in [-0.15, -0.1) is 0 Å². The molecular weight excluding hydrogens is 621 g/mol. The highest BCUT2D eigenvalue weighted by Crippen LogP contribution is 2.48. The van der Waals surface area contributed by atoms with E-state index in [-0.39, 0.29) is 0 Å². The van der Waals surface area contributed by atoms with Crippen molar-refractivity contribution in [2.45, 2.75) is 0 Å². The van der Waals surface area contributed by atoms with Crippen molar-refractivity contribution in [2.75, 3.05) is 0 Å². The van der Waals surface area contributed by atoms with Crippen molar-refractivity contribution >= 4 is 43.4 Å². The van der Waals surface area contributed by atoms with Crippen molar-refractivity contribution in [1.82, 2.24) is 19.5 Å². The fraction of sp³-hybridized carbons (Fsp3) is 0. The number of hydrogen-bond donors (Lipinski definition) is 0. The van der Waals surface area contributed by atoms with Crippen LogP contribution in [0.15, 0.2) is 170 Å².